The van der Waals surface area contributed by atoms with Gasteiger partial charge in [-0.3, -0.25) is 9.59 Å². The molecule has 1 aromatic heterocycles. The molecule has 0 bridgehead atoms. The summed E-state index contributed by atoms with van der Waals surface area (Å²) in [4.78, 5) is 25.6. The fourth-order valence-electron chi connectivity index (χ4n) is 2.85. The Hall–Kier alpha value is -1.65. The molecule has 0 N–H and O–H groups in total. The lowest BCUT2D eigenvalue weighted by molar-refractivity contribution is -0.122. The number of hydrogen-bond donors (Lipinski definition) is 0. The van der Waals surface area contributed by atoms with E-state index in [4.69, 9.17) is 4.52 Å². The fraction of sp³-hybridized carbons (Fsp3) is 0.583. The predicted octanol–water partition coefficient (Wildman–Crippen LogP) is 1.66. The van der Waals surface area contributed by atoms with Crippen LogP contribution < -0.4 is 4.90 Å². The summed E-state index contributed by atoms with van der Waals surface area (Å²) < 4.78 is 4.93. The monoisotopic (exact) mass is 234 g/mol. The molecule has 2 atom stereocenters. The highest BCUT2D eigenvalue weighted by molar-refractivity contribution is 6.21. The van der Waals surface area contributed by atoms with Crippen molar-refractivity contribution in [2.75, 3.05) is 4.90 Å². The van der Waals surface area contributed by atoms with Crippen molar-refractivity contribution in [1.82, 2.24) is 5.16 Å². The van der Waals surface area contributed by atoms with E-state index in [2.05, 4.69) is 5.16 Å². The molecular weight excluding hydrogens is 220 g/mol. The van der Waals surface area contributed by atoms with Gasteiger partial charge in [-0.2, -0.15) is 0 Å². The Morgan fingerprint density at radius 3 is 2.29 bits per heavy atom. The van der Waals surface area contributed by atoms with Crippen LogP contribution in [0.5, 0.6) is 0 Å². The van der Waals surface area contributed by atoms with Crippen molar-refractivity contribution in [3.63, 3.8) is 0 Å². The molecule has 0 aromatic carbocycles. The maximum atomic E-state index is 12.2. The molecule has 90 valence electrons. The van der Waals surface area contributed by atoms with Gasteiger partial charge < -0.3 is 4.52 Å². The Bertz CT molecular complexity index is 456. The Balaban J connectivity index is 1.95. The van der Waals surface area contributed by atoms with Crippen molar-refractivity contribution in [2.45, 2.75) is 32.6 Å². The maximum absolute atomic E-state index is 12.2. The van der Waals surface area contributed by atoms with Gasteiger partial charge in [-0.15, -0.1) is 0 Å². The minimum atomic E-state index is -0.131. The third kappa shape index (κ3) is 1.49. The Labute approximate surface area is 98.8 Å². The van der Waals surface area contributed by atoms with Gasteiger partial charge in [0.15, 0.2) is 5.82 Å². The number of amides is 2. The zero-order valence-electron chi connectivity index (χ0n) is 9.68. The van der Waals surface area contributed by atoms with Crippen LogP contribution in [0.3, 0.4) is 0 Å². The third-order valence-corrected chi connectivity index (χ3v) is 3.69. The Morgan fingerprint density at radius 1 is 1.24 bits per heavy atom. The van der Waals surface area contributed by atoms with Crippen LogP contribution in [0.4, 0.5) is 5.82 Å². The van der Waals surface area contributed by atoms with E-state index < -0.39 is 0 Å². The van der Waals surface area contributed by atoms with Gasteiger partial charge in [0.1, 0.15) is 5.76 Å². The van der Waals surface area contributed by atoms with Crippen LogP contribution in [0, 0.1) is 18.8 Å². The highest BCUT2D eigenvalue weighted by atomic mass is 16.5. The molecular formula is C12H14N2O3. The van der Waals surface area contributed by atoms with Crippen molar-refractivity contribution in [3.8, 4) is 0 Å². The van der Waals surface area contributed by atoms with E-state index >= 15 is 0 Å². The molecule has 1 aromatic rings. The van der Waals surface area contributed by atoms with Crippen LogP contribution in [-0.4, -0.2) is 17.0 Å². The summed E-state index contributed by atoms with van der Waals surface area (Å²) >= 11 is 0. The first-order valence-electron chi connectivity index (χ1n) is 5.99. The number of rotatable bonds is 1. The summed E-state index contributed by atoms with van der Waals surface area (Å²) in [7, 11) is 0. The molecule has 2 aliphatic rings. The minimum absolute atomic E-state index is 0.104. The largest absolute Gasteiger partial charge is 0.360 e. The number of aryl methyl sites for hydroxylation is 1. The zero-order valence-corrected chi connectivity index (χ0v) is 9.68. The molecule has 5 nitrogen and oxygen atoms in total. The van der Waals surface area contributed by atoms with E-state index in [-0.39, 0.29) is 23.7 Å². The summed E-state index contributed by atoms with van der Waals surface area (Å²) in [5.41, 5.74) is 0. The summed E-state index contributed by atoms with van der Waals surface area (Å²) in [5.74, 6) is 0.477. The second kappa shape index (κ2) is 3.68. The lowest BCUT2D eigenvalue weighted by Crippen LogP contribution is -2.31. The second-order valence-electron chi connectivity index (χ2n) is 4.81. The first kappa shape index (κ1) is 10.5. The quantitative estimate of drug-likeness (QED) is 0.693. The van der Waals surface area contributed by atoms with Crippen LogP contribution in [0.2, 0.25) is 0 Å². The molecule has 0 radical (unpaired) electrons. The number of imide groups is 1. The Kier molecular flexibility index (Phi) is 2.28. The average Bonchev–Trinajstić information content (AvgIpc) is 2.84. The molecule has 3 rings (SSSR count). The summed E-state index contributed by atoms with van der Waals surface area (Å²) in [6.45, 7) is 1.74. The SMILES string of the molecule is Cc1cc(N2C(=O)[C@@H]3CCCC[C@H]3C2=O)no1. The second-order valence-corrected chi connectivity index (χ2v) is 4.81. The van der Waals surface area contributed by atoms with E-state index in [0.717, 1.165) is 25.7 Å². The molecule has 2 fully saturated rings. The number of fused-ring (bicyclic) bond motifs is 1. The molecule has 1 saturated heterocycles. The average molecular weight is 234 g/mol. The lowest BCUT2D eigenvalue weighted by atomic mass is 9.81. The van der Waals surface area contributed by atoms with Crippen LogP contribution >= 0.6 is 0 Å². The number of anilines is 1. The smallest absolute Gasteiger partial charge is 0.238 e. The fourth-order valence-corrected chi connectivity index (χ4v) is 2.85. The third-order valence-electron chi connectivity index (χ3n) is 3.69. The zero-order chi connectivity index (χ0) is 12.0. The number of nitrogens with zero attached hydrogens (tertiary/aromatic N) is 2. The van der Waals surface area contributed by atoms with Crippen molar-refractivity contribution in [3.05, 3.63) is 11.8 Å². The first-order chi connectivity index (χ1) is 8.18. The van der Waals surface area contributed by atoms with Crippen LogP contribution in [-0.2, 0) is 9.59 Å². The van der Waals surface area contributed by atoms with Gasteiger partial charge in [0, 0.05) is 6.07 Å². The molecule has 1 saturated carbocycles. The summed E-state index contributed by atoms with van der Waals surface area (Å²) in [6.07, 6.45) is 3.71. The van der Waals surface area contributed by atoms with E-state index in [1.54, 1.807) is 13.0 Å². The van der Waals surface area contributed by atoms with E-state index in [0.29, 0.717) is 11.6 Å². The molecule has 0 unspecified atom stereocenters. The molecule has 2 heterocycles. The number of aromatic nitrogens is 1. The molecule has 0 spiro atoms. The normalized spacial score (nSPS) is 28.6. The van der Waals surface area contributed by atoms with E-state index in [9.17, 15) is 9.59 Å². The van der Waals surface area contributed by atoms with Gasteiger partial charge in [0.2, 0.25) is 11.8 Å². The van der Waals surface area contributed by atoms with Gasteiger partial charge in [0.25, 0.3) is 0 Å². The maximum Gasteiger partial charge on any atom is 0.238 e. The predicted molar refractivity (Wildman–Crippen MR) is 59.2 cm³/mol. The van der Waals surface area contributed by atoms with Gasteiger partial charge in [-0.05, 0) is 19.8 Å². The van der Waals surface area contributed by atoms with Crippen LogP contribution in [0.25, 0.3) is 0 Å². The van der Waals surface area contributed by atoms with E-state index in [1.807, 2.05) is 0 Å². The van der Waals surface area contributed by atoms with Crippen molar-refractivity contribution in [1.29, 1.82) is 0 Å². The summed E-state index contributed by atoms with van der Waals surface area (Å²) in [5, 5.41) is 3.77. The van der Waals surface area contributed by atoms with E-state index in [1.165, 1.54) is 4.90 Å². The Morgan fingerprint density at radius 2 is 1.82 bits per heavy atom. The first-order valence-corrected chi connectivity index (χ1v) is 5.99. The molecule has 5 heteroatoms. The van der Waals surface area contributed by atoms with Crippen LogP contribution in [0.15, 0.2) is 10.6 Å². The van der Waals surface area contributed by atoms with Gasteiger partial charge >= 0.3 is 0 Å². The van der Waals surface area contributed by atoms with Crippen LogP contribution in [0.1, 0.15) is 31.4 Å². The summed E-state index contributed by atoms with van der Waals surface area (Å²) in [6, 6.07) is 1.63. The van der Waals surface area contributed by atoms with Gasteiger partial charge in [-0.1, -0.05) is 18.0 Å². The number of carbonyl (C=O) groups excluding carboxylic acids is 2. The highest BCUT2D eigenvalue weighted by Gasteiger charge is 2.49. The lowest BCUT2D eigenvalue weighted by Gasteiger charge is -2.19. The van der Waals surface area contributed by atoms with Crippen molar-refractivity contribution >= 4 is 17.6 Å². The molecule has 17 heavy (non-hydrogen) atoms. The topological polar surface area (TPSA) is 63.4 Å². The van der Waals surface area contributed by atoms with Crippen molar-refractivity contribution in [2.24, 2.45) is 11.8 Å². The molecule has 1 aliphatic carbocycles. The number of carbonyl (C=O) groups is 2. The van der Waals surface area contributed by atoms with Gasteiger partial charge in [0.05, 0.1) is 11.8 Å². The van der Waals surface area contributed by atoms with Gasteiger partial charge in [-0.25, -0.2) is 4.90 Å². The molecule has 2 amide bonds. The number of hydrogen-bond acceptors (Lipinski definition) is 4. The minimum Gasteiger partial charge on any atom is -0.360 e. The standard InChI is InChI=1S/C12H14N2O3/c1-7-6-10(13-17-7)14-11(15)8-4-2-3-5-9(8)12(14)16/h6,8-9H,2-5H2,1H3/t8-,9-/m1/s1. The molecule has 1 aliphatic heterocycles. The van der Waals surface area contributed by atoms with Crippen molar-refractivity contribution < 1.29 is 14.1 Å². The highest BCUT2D eigenvalue weighted by Crippen LogP contribution is 2.39.